The van der Waals surface area contributed by atoms with E-state index in [1.165, 1.54) is 22.7 Å². The molecule has 0 saturated carbocycles. The van der Waals surface area contributed by atoms with E-state index in [0.717, 1.165) is 20.4 Å². The van der Waals surface area contributed by atoms with Crippen LogP contribution in [0.3, 0.4) is 0 Å². The predicted octanol–water partition coefficient (Wildman–Crippen LogP) is 3.86. The zero-order valence-corrected chi connectivity index (χ0v) is 12.4. The number of hydrogen-bond donors (Lipinski definition) is 2. The van der Waals surface area contributed by atoms with Crippen LogP contribution in [0.2, 0.25) is 0 Å². The van der Waals surface area contributed by atoms with E-state index >= 15 is 0 Å². The van der Waals surface area contributed by atoms with Gasteiger partial charge >= 0.3 is 0 Å². The van der Waals surface area contributed by atoms with Gasteiger partial charge in [-0.2, -0.15) is 0 Å². The van der Waals surface area contributed by atoms with Gasteiger partial charge in [0, 0.05) is 0 Å². The summed E-state index contributed by atoms with van der Waals surface area (Å²) in [5.74, 6) is 1.33. The van der Waals surface area contributed by atoms with Gasteiger partial charge < -0.3 is 16.2 Å². The molecule has 0 spiro atoms. The van der Waals surface area contributed by atoms with E-state index in [1.807, 2.05) is 36.4 Å². The van der Waals surface area contributed by atoms with Crippen molar-refractivity contribution in [3.05, 3.63) is 36.4 Å². The first-order valence-corrected chi connectivity index (χ1v) is 7.82. The van der Waals surface area contributed by atoms with Crippen LogP contribution in [0.1, 0.15) is 0 Å². The normalized spacial score (nSPS) is 11.2. The summed E-state index contributed by atoms with van der Waals surface area (Å²) in [5.41, 5.74) is 13.1. The van der Waals surface area contributed by atoms with Gasteiger partial charge in [-0.3, -0.25) is 0 Å². The molecule has 0 aliphatic carbocycles. The van der Waals surface area contributed by atoms with Crippen LogP contribution in [0.4, 0.5) is 10.3 Å². The Kier molecular flexibility index (Phi) is 2.69. The smallest absolute Gasteiger partial charge is 0.181 e. The largest absolute Gasteiger partial charge is 0.453 e. The van der Waals surface area contributed by atoms with E-state index in [1.54, 1.807) is 0 Å². The van der Waals surface area contributed by atoms with E-state index in [9.17, 15) is 0 Å². The Morgan fingerprint density at radius 3 is 1.71 bits per heavy atom. The van der Waals surface area contributed by atoms with E-state index in [2.05, 4.69) is 9.97 Å². The first-order valence-electron chi connectivity index (χ1n) is 6.18. The van der Waals surface area contributed by atoms with Crippen molar-refractivity contribution in [2.45, 2.75) is 0 Å². The van der Waals surface area contributed by atoms with Crippen molar-refractivity contribution >= 4 is 53.4 Å². The number of hydrogen-bond acceptors (Lipinski definition) is 7. The van der Waals surface area contributed by atoms with Crippen molar-refractivity contribution in [1.82, 2.24) is 9.97 Å². The average Bonchev–Trinajstić information content (AvgIpc) is 3.01. The molecule has 0 fully saturated rings. The van der Waals surface area contributed by atoms with Crippen molar-refractivity contribution in [2.24, 2.45) is 0 Å². The summed E-state index contributed by atoms with van der Waals surface area (Å²) in [4.78, 5) is 8.65. The summed E-state index contributed by atoms with van der Waals surface area (Å²) in [7, 11) is 0. The summed E-state index contributed by atoms with van der Waals surface area (Å²) in [6, 6.07) is 11.5. The molecule has 2 aromatic heterocycles. The Morgan fingerprint density at radius 2 is 1.24 bits per heavy atom. The summed E-state index contributed by atoms with van der Waals surface area (Å²) < 4.78 is 8.00. The van der Waals surface area contributed by atoms with Gasteiger partial charge in [0.1, 0.15) is 11.0 Å². The third kappa shape index (κ3) is 2.07. The number of fused-ring (bicyclic) bond motifs is 2. The molecule has 2 aromatic carbocycles. The van der Waals surface area contributed by atoms with Crippen LogP contribution in [-0.4, -0.2) is 9.97 Å². The van der Waals surface area contributed by atoms with Gasteiger partial charge in [-0.05, 0) is 24.3 Å². The molecular weight excluding hydrogens is 304 g/mol. The van der Waals surface area contributed by atoms with Gasteiger partial charge in [-0.25, -0.2) is 9.97 Å². The second-order valence-electron chi connectivity index (χ2n) is 4.41. The molecular formula is C14H10N4OS2. The number of ether oxygens (including phenoxy) is 1. The summed E-state index contributed by atoms with van der Waals surface area (Å²) >= 11 is 2.88. The van der Waals surface area contributed by atoms with Crippen LogP contribution >= 0.6 is 22.7 Å². The summed E-state index contributed by atoms with van der Waals surface area (Å²) in [5, 5.41) is 1.05. The molecule has 4 rings (SSSR count). The Balaban J connectivity index is 1.86. The third-order valence-electron chi connectivity index (χ3n) is 3.02. The number of benzene rings is 2. The van der Waals surface area contributed by atoms with Gasteiger partial charge in [0.2, 0.25) is 0 Å². The molecule has 104 valence electrons. The second-order valence-corrected chi connectivity index (χ2v) is 6.54. The fourth-order valence-electron chi connectivity index (χ4n) is 2.16. The lowest BCUT2D eigenvalue weighted by atomic mass is 10.3. The number of rotatable bonds is 2. The summed E-state index contributed by atoms with van der Waals surface area (Å²) in [6.07, 6.45) is 0. The van der Waals surface area contributed by atoms with Crippen molar-refractivity contribution in [3.63, 3.8) is 0 Å². The van der Waals surface area contributed by atoms with Crippen LogP contribution in [0.25, 0.3) is 20.4 Å². The first kappa shape index (κ1) is 12.4. The molecule has 0 saturated heterocycles. The van der Waals surface area contributed by atoms with Gasteiger partial charge in [-0.15, -0.1) is 0 Å². The van der Waals surface area contributed by atoms with E-state index in [0.29, 0.717) is 21.8 Å². The van der Waals surface area contributed by atoms with Crippen LogP contribution in [0, 0.1) is 0 Å². The lowest BCUT2D eigenvalue weighted by molar-refractivity contribution is 0.492. The quantitative estimate of drug-likeness (QED) is 0.586. The topological polar surface area (TPSA) is 87.0 Å². The summed E-state index contributed by atoms with van der Waals surface area (Å²) in [6.45, 7) is 0. The van der Waals surface area contributed by atoms with Gasteiger partial charge in [0.25, 0.3) is 0 Å². The highest BCUT2D eigenvalue weighted by atomic mass is 32.1. The molecule has 4 aromatic rings. The number of thiazole rings is 2. The number of nitrogens with two attached hydrogens (primary N) is 2. The Hall–Kier alpha value is -2.38. The standard InChI is InChI=1S/C14H10N4OS2/c15-13-17-11-7(3-1-5-9(11)20-13)19-8-4-2-6-10-12(8)18-14(16)21-10/h1-6H,(H2,15,17)(H2,16,18). The number of aromatic nitrogens is 2. The minimum atomic E-state index is 0.525. The van der Waals surface area contributed by atoms with E-state index in [4.69, 9.17) is 16.2 Å². The maximum atomic E-state index is 6.01. The van der Waals surface area contributed by atoms with Crippen LogP contribution in [0.15, 0.2) is 36.4 Å². The molecule has 0 amide bonds. The van der Waals surface area contributed by atoms with Gasteiger partial charge in [0.15, 0.2) is 21.8 Å². The molecule has 2 heterocycles. The Bertz CT molecular complexity index is 882. The molecule has 5 nitrogen and oxygen atoms in total. The molecule has 0 aliphatic rings. The maximum Gasteiger partial charge on any atom is 0.181 e. The van der Waals surface area contributed by atoms with E-state index in [-0.39, 0.29) is 0 Å². The van der Waals surface area contributed by atoms with Crippen molar-refractivity contribution in [3.8, 4) is 11.5 Å². The molecule has 0 aliphatic heterocycles. The number of anilines is 2. The fourth-order valence-corrected chi connectivity index (χ4v) is 3.67. The number of nitrogens with zero attached hydrogens (tertiary/aromatic N) is 2. The SMILES string of the molecule is Nc1nc2c(Oc3cccc4sc(N)nc34)cccc2s1. The zero-order valence-electron chi connectivity index (χ0n) is 10.7. The molecule has 0 atom stereocenters. The number of para-hydroxylation sites is 2. The monoisotopic (exact) mass is 314 g/mol. The minimum Gasteiger partial charge on any atom is -0.453 e. The minimum absolute atomic E-state index is 0.525. The van der Waals surface area contributed by atoms with Gasteiger partial charge in [-0.1, -0.05) is 34.8 Å². The van der Waals surface area contributed by atoms with Gasteiger partial charge in [0.05, 0.1) is 9.40 Å². The van der Waals surface area contributed by atoms with Crippen molar-refractivity contribution in [2.75, 3.05) is 11.5 Å². The molecule has 0 radical (unpaired) electrons. The molecule has 0 unspecified atom stereocenters. The van der Waals surface area contributed by atoms with Crippen molar-refractivity contribution in [1.29, 1.82) is 0 Å². The van der Waals surface area contributed by atoms with Crippen molar-refractivity contribution < 1.29 is 4.74 Å². The Morgan fingerprint density at radius 1 is 0.762 bits per heavy atom. The highest BCUT2D eigenvalue weighted by Crippen LogP contribution is 2.37. The van der Waals surface area contributed by atoms with Crippen LogP contribution < -0.4 is 16.2 Å². The third-order valence-corrected chi connectivity index (χ3v) is 4.72. The first-order chi connectivity index (χ1) is 10.2. The van der Waals surface area contributed by atoms with E-state index < -0.39 is 0 Å². The average molecular weight is 314 g/mol. The van der Waals surface area contributed by atoms with Crippen LogP contribution in [0.5, 0.6) is 11.5 Å². The molecule has 21 heavy (non-hydrogen) atoms. The Labute approximate surface area is 127 Å². The fraction of sp³-hybridized carbons (Fsp3) is 0. The maximum absolute atomic E-state index is 6.01. The highest BCUT2D eigenvalue weighted by molar-refractivity contribution is 7.22. The predicted molar refractivity (Wildman–Crippen MR) is 88.1 cm³/mol. The highest BCUT2D eigenvalue weighted by Gasteiger charge is 2.12. The molecule has 4 N–H and O–H groups in total. The molecule has 0 bridgehead atoms. The number of nitrogen functional groups attached to an aromatic ring is 2. The zero-order chi connectivity index (χ0) is 14.4. The lowest BCUT2D eigenvalue weighted by Gasteiger charge is -2.06. The van der Waals surface area contributed by atoms with Crippen LogP contribution in [-0.2, 0) is 0 Å². The second kappa shape index (κ2) is 4.57. The molecule has 7 heteroatoms. The lowest BCUT2D eigenvalue weighted by Crippen LogP contribution is -1.88.